The number of hydrogen-bond acceptors (Lipinski definition) is 5. The van der Waals surface area contributed by atoms with E-state index in [0.717, 1.165) is 39.6 Å². The first-order valence-corrected chi connectivity index (χ1v) is 7.83. The van der Waals surface area contributed by atoms with E-state index >= 15 is 0 Å². The van der Waals surface area contributed by atoms with Crippen molar-refractivity contribution in [1.82, 2.24) is 20.1 Å². The Hall–Kier alpha value is -1.08. The average molecular weight is 327 g/mol. The summed E-state index contributed by atoms with van der Waals surface area (Å²) >= 11 is 7.87. The Morgan fingerprint density at radius 3 is 2.81 bits per heavy atom. The van der Waals surface area contributed by atoms with E-state index in [1.165, 1.54) is 11.8 Å². The van der Waals surface area contributed by atoms with Crippen LogP contribution < -0.4 is 5.32 Å². The molecule has 1 aromatic carbocycles. The van der Waals surface area contributed by atoms with Crippen molar-refractivity contribution in [2.75, 3.05) is 20.3 Å². The van der Waals surface area contributed by atoms with E-state index in [1.807, 2.05) is 30.7 Å². The molecular formula is C14H19ClN4OS. The minimum atomic E-state index is 0.702. The number of hydrogen-bond donors (Lipinski definition) is 1. The molecule has 0 aliphatic rings. The SMILES string of the molecule is COCCNCc1ccc(Sc2nnc(C)n2C)c(Cl)c1. The molecule has 114 valence electrons. The summed E-state index contributed by atoms with van der Waals surface area (Å²) in [7, 11) is 3.64. The molecular weight excluding hydrogens is 308 g/mol. The maximum Gasteiger partial charge on any atom is 0.195 e. The Kier molecular flexibility index (Phi) is 6.05. The standard InChI is InChI=1S/C14H19ClN4OS/c1-10-17-18-14(19(10)2)21-13-5-4-11(8-12(13)15)9-16-6-7-20-3/h4-5,8,16H,6-7,9H2,1-3H3. The van der Waals surface area contributed by atoms with Gasteiger partial charge in [0.15, 0.2) is 5.16 Å². The molecule has 0 aliphatic carbocycles. The van der Waals surface area contributed by atoms with Crippen molar-refractivity contribution in [3.8, 4) is 0 Å². The molecule has 1 N–H and O–H groups in total. The predicted molar refractivity (Wildman–Crippen MR) is 84.9 cm³/mol. The predicted octanol–water partition coefficient (Wildman–Crippen LogP) is 2.66. The molecule has 2 aromatic rings. The lowest BCUT2D eigenvalue weighted by molar-refractivity contribution is 0.199. The van der Waals surface area contributed by atoms with Gasteiger partial charge in [-0.05, 0) is 36.4 Å². The first-order valence-electron chi connectivity index (χ1n) is 6.63. The molecule has 5 nitrogen and oxygen atoms in total. The van der Waals surface area contributed by atoms with Crippen LogP contribution in [-0.2, 0) is 18.3 Å². The summed E-state index contributed by atoms with van der Waals surface area (Å²) in [5.41, 5.74) is 1.15. The van der Waals surface area contributed by atoms with Crippen LogP contribution in [0.2, 0.25) is 5.02 Å². The number of aryl methyl sites for hydroxylation is 1. The van der Waals surface area contributed by atoms with Crippen LogP contribution in [0.25, 0.3) is 0 Å². The normalized spacial score (nSPS) is 11.0. The topological polar surface area (TPSA) is 52.0 Å². The van der Waals surface area contributed by atoms with Gasteiger partial charge in [-0.15, -0.1) is 10.2 Å². The van der Waals surface area contributed by atoms with E-state index in [4.69, 9.17) is 16.3 Å². The zero-order chi connectivity index (χ0) is 15.2. The Balaban J connectivity index is 2.00. The monoisotopic (exact) mass is 326 g/mol. The molecule has 0 unspecified atom stereocenters. The van der Waals surface area contributed by atoms with Gasteiger partial charge in [-0.1, -0.05) is 17.7 Å². The fraction of sp³-hybridized carbons (Fsp3) is 0.429. The lowest BCUT2D eigenvalue weighted by atomic mass is 10.2. The van der Waals surface area contributed by atoms with Crippen LogP contribution in [-0.4, -0.2) is 35.0 Å². The third kappa shape index (κ3) is 4.44. The summed E-state index contributed by atoms with van der Waals surface area (Å²) in [5.74, 6) is 0.882. The van der Waals surface area contributed by atoms with Crippen molar-refractivity contribution < 1.29 is 4.74 Å². The third-order valence-corrected chi connectivity index (χ3v) is 4.60. The summed E-state index contributed by atoms with van der Waals surface area (Å²) in [6.45, 7) is 4.22. The highest BCUT2D eigenvalue weighted by Crippen LogP contribution is 2.32. The van der Waals surface area contributed by atoms with Gasteiger partial charge in [0.25, 0.3) is 0 Å². The second-order valence-corrected chi connectivity index (χ2v) is 6.04. The maximum absolute atomic E-state index is 6.35. The highest BCUT2D eigenvalue weighted by Gasteiger charge is 2.10. The Morgan fingerprint density at radius 2 is 2.19 bits per heavy atom. The Morgan fingerprint density at radius 1 is 1.38 bits per heavy atom. The van der Waals surface area contributed by atoms with Crippen LogP contribution in [0, 0.1) is 6.92 Å². The van der Waals surface area contributed by atoms with E-state index in [-0.39, 0.29) is 0 Å². The molecule has 0 aliphatic heterocycles. The number of nitrogens with zero attached hydrogens (tertiary/aromatic N) is 3. The molecule has 2 rings (SSSR count). The van der Waals surface area contributed by atoms with Crippen LogP contribution in [0.5, 0.6) is 0 Å². The first kappa shape index (κ1) is 16.3. The zero-order valence-corrected chi connectivity index (χ0v) is 14.0. The molecule has 0 bridgehead atoms. The van der Waals surface area contributed by atoms with Crippen LogP contribution >= 0.6 is 23.4 Å². The quantitative estimate of drug-likeness (QED) is 0.793. The summed E-state index contributed by atoms with van der Waals surface area (Å²) in [5, 5.41) is 13.0. The van der Waals surface area contributed by atoms with Crippen molar-refractivity contribution in [3.63, 3.8) is 0 Å². The number of nitrogens with one attached hydrogen (secondary N) is 1. The van der Waals surface area contributed by atoms with Crippen molar-refractivity contribution in [3.05, 3.63) is 34.6 Å². The number of rotatable bonds is 7. The molecule has 0 amide bonds. The molecule has 0 radical (unpaired) electrons. The Bertz CT molecular complexity index is 603. The summed E-state index contributed by atoms with van der Waals surface area (Å²) in [6, 6.07) is 6.06. The second-order valence-electron chi connectivity index (χ2n) is 4.63. The van der Waals surface area contributed by atoms with Crippen molar-refractivity contribution >= 4 is 23.4 Å². The summed E-state index contributed by atoms with van der Waals surface area (Å²) in [4.78, 5) is 0.979. The van der Waals surface area contributed by atoms with Crippen molar-refractivity contribution in [1.29, 1.82) is 0 Å². The minimum Gasteiger partial charge on any atom is -0.383 e. The second kappa shape index (κ2) is 7.79. The highest BCUT2D eigenvalue weighted by atomic mass is 35.5. The molecule has 21 heavy (non-hydrogen) atoms. The number of ether oxygens (including phenoxy) is 1. The number of benzene rings is 1. The summed E-state index contributed by atoms with van der Waals surface area (Å²) < 4.78 is 6.94. The molecule has 1 heterocycles. The maximum atomic E-state index is 6.35. The van der Waals surface area contributed by atoms with Crippen molar-refractivity contribution in [2.45, 2.75) is 23.5 Å². The van der Waals surface area contributed by atoms with Crippen LogP contribution in [0.1, 0.15) is 11.4 Å². The number of aromatic nitrogens is 3. The van der Waals surface area contributed by atoms with E-state index in [1.54, 1.807) is 7.11 Å². The van der Waals surface area contributed by atoms with Gasteiger partial charge in [0.1, 0.15) is 5.82 Å². The lowest BCUT2D eigenvalue weighted by Gasteiger charge is -2.08. The van der Waals surface area contributed by atoms with Gasteiger partial charge in [-0.3, -0.25) is 0 Å². The van der Waals surface area contributed by atoms with E-state index in [9.17, 15) is 0 Å². The van der Waals surface area contributed by atoms with Gasteiger partial charge in [-0.25, -0.2) is 0 Å². The van der Waals surface area contributed by atoms with Gasteiger partial charge in [0.2, 0.25) is 0 Å². The van der Waals surface area contributed by atoms with Gasteiger partial charge in [0, 0.05) is 32.1 Å². The lowest BCUT2D eigenvalue weighted by Crippen LogP contribution is -2.18. The Labute approximate surface area is 134 Å². The summed E-state index contributed by atoms with van der Waals surface area (Å²) in [6.07, 6.45) is 0. The molecule has 0 saturated heterocycles. The van der Waals surface area contributed by atoms with Gasteiger partial charge >= 0.3 is 0 Å². The number of halogens is 1. The smallest absolute Gasteiger partial charge is 0.195 e. The molecule has 7 heteroatoms. The highest BCUT2D eigenvalue weighted by molar-refractivity contribution is 7.99. The fourth-order valence-corrected chi connectivity index (χ4v) is 2.88. The fourth-order valence-electron chi connectivity index (χ4n) is 1.72. The van der Waals surface area contributed by atoms with Gasteiger partial charge in [-0.2, -0.15) is 0 Å². The van der Waals surface area contributed by atoms with Crippen LogP contribution in [0.3, 0.4) is 0 Å². The van der Waals surface area contributed by atoms with Crippen molar-refractivity contribution in [2.24, 2.45) is 7.05 Å². The molecule has 0 spiro atoms. The van der Waals surface area contributed by atoms with E-state index < -0.39 is 0 Å². The van der Waals surface area contributed by atoms with Gasteiger partial charge in [0.05, 0.1) is 11.6 Å². The third-order valence-electron chi connectivity index (χ3n) is 3.06. The minimum absolute atomic E-state index is 0.702. The van der Waals surface area contributed by atoms with Crippen LogP contribution in [0.15, 0.2) is 28.3 Å². The number of methoxy groups -OCH3 is 1. The zero-order valence-electron chi connectivity index (χ0n) is 12.4. The molecule has 1 aromatic heterocycles. The van der Waals surface area contributed by atoms with Crippen LogP contribution in [0.4, 0.5) is 0 Å². The van der Waals surface area contributed by atoms with E-state index in [0.29, 0.717) is 6.61 Å². The molecule has 0 saturated carbocycles. The molecule has 0 atom stereocenters. The molecule has 0 fully saturated rings. The average Bonchev–Trinajstić information content (AvgIpc) is 2.78. The first-order chi connectivity index (χ1) is 10.1. The largest absolute Gasteiger partial charge is 0.383 e. The van der Waals surface area contributed by atoms with E-state index in [2.05, 4.69) is 21.6 Å². The van der Waals surface area contributed by atoms with Gasteiger partial charge < -0.3 is 14.6 Å².